The average molecular weight is 452 g/mol. The Kier molecular flexibility index (Phi) is 7.13. The van der Waals surface area contributed by atoms with Crippen molar-refractivity contribution in [3.8, 4) is 0 Å². The Morgan fingerprint density at radius 2 is 1.79 bits per heavy atom. The van der Waals surface area contributed by atoms with Crippen molar-refractivity contribution in [2.24, 2.45) is 0 Å². The fraction of sp³-hybridized carbons (Fsp3) is 0.435. The van der Waals surface area contributed by atoms with Gasteiger partial charge in [0, 0.05) is 57.3 Å². The summed E-state index contributed by atoms with van der Waals surface area (Å²) < 4.78 is 0. The monoisotopic (exact) mass is 451 g/mol. The average Bonchev–Trinajstić information content (AvgIpc) is 2.83. The van der Waals surface area contributed by atoms with Gasteiger partial charge in [-0.05, 0) is 24.6 Å². The van der Waals surface area contributed by atoms with Gasteiger partial charge >= 0.3 is 0 Å². The molecule has 2 aliphatic rings. The molecule has 0 aliphatic carbocycles. The van der Waals surface area contributed by atoms with E-state index in [2.05, 4.69) is 30.4 Å². The van der Waals surface area contributed by atoms with Crippen LogP contribution in [0.2, 0.25) is 0 Å². The highest BCUT2D eigenvalue weighted by molar-refractivity contribution is 5.98. The van der Waals surface area contributed by atoms with E-state index in [1.165, 1.54) is 0 Å². The number of nitrogens with one attached hydrogen (secondary N) is 2. The standard InChI is InChI=1S/C23H29N7O3/c1-17-5-2-3-6-18(17)27-20(31)15-19-22(33)24-9-10-30(19)21(32)16-28-11-13-29(14-12-28)23-25-7-4-8-26-23/h2-8,19H,9-16H2,1H3,(H,24,33)(H,27,31)/t19-/m0/s1. The Morgan fingerprint density at radius 3 is 2.52 bits per heavy atom. The van der Waals surface area contributed by atoms with Gasteiger partial charge in [0.2, 0.25) is 23.7 Å². The number of rotatable bonds is 6. The third-order valence-electron chi connectivity index (χ3n) is 6.02. The molecule has 2 fully saturated rings. The maximum Gasteiger partial charge on any atom is 0.243 e. The number of carbonyl (C=O) groups is 3. The highest BCUT2D eigenvalue weighted by Gasteiger charge is 2.35. The van der Waals surface area contributed by atoms with Crippen molar-refractivity contribution in [1.82, 2.24) is 25.1 Å². The second-order valence-electron chi connectivity index (χ2n) is 8.27. The third-order valence-corrected chi connectivity index (χ3v) is 6.02. The van der Waals surface area contributed by atoms with Gasteiger partial charge in [0.15, 0.2) is 0 Å². The van der Waals surface area contributed by atoms with E-state index in [4.69, 9.17) is 0 Å². The molecular weight excluding hydrogens is 422 g/mol. The summed E-state index contributed by atoms with van der Waals surface area (Å²) in [4.78, 5) is 52.6. The number of nitrogens with zero attached hydrogens (tertiary/aromatic N) is 5. The van der Waals surface area contributed by atoms with Crippen LogP contribution < -0.4 is 15.5 Å². The van der Waals surface area contributed by atoms with Crippen LogP contribution in [0.4, 0.5) is 11.6 Å². The second kappa shape index (κ2) is 10.4. The predicted octanol–water partition coefficient (Wildman–Crippen LogP) is 0.263. The van der Waals surface area contributed by atoms with Crippen LogP contribution in [0.5, 0.6) is 0 Å². The number of para-hydroxylation sites is 1. The van der Waals surface area contributed by atoms with Crippen molar-refractivity contribution in [2.75, 3.05) is 56.0 Å². The lowest BCUT2D eigenvalue weighted by atomic mass is 10.1. The molecule has 10 heteroatoms. The van der Waals surface area contributed by atoms with E-state index in [-0.39, 0.29) is 30.7 Å². The summed E-state index contributed by atoms with van der Waals surface area (Å²) in [6, 6.07) is 8.43. The number of anilines is 2. The maximum atomic E-state index is 13.1. The SMILES string of the molecule is Cc1ccccc1NC(=O)C[C@H]1C(=O)NCCN1C(=O)CN1CCN(c2ncccn2)CC1. The normalized spacial score (nSPS) is 19.2. The van der Waals surface area contributed by atoms with Crippen molar-refractivity contribution < 1.29 is 14.4 Å². The van der Waals surface area contributed by atoms with Crippen molar-refractivity contribution in [3.05, 3.63) is 48.3 Å². The molecule has 0 spiro atoms. The molecule has 0 unspecified atom stereocenters. The Morgan fingerprint density at radius 1 is 1.06 bits per heavy atom. The van der Waals surface area contributed by atoms with Crippen molar-refractivity contribution in [1.29, 1.82) is 0 Å². The van der Waals surface area contributed by atoms with Crippen molar-refractivity contribution >= 4 is 29.4 Å². The van der Waals surface area contributed by atoms with E-state index in [0.717, 1.165) is 18.7 Å². The smallest absolute Gasteiger partial charge is 0.243 e. The molecule has 0 saturated carbocycles. The molecule has 2 N–H and O–H groups in total. The quantitative estimate of drug-likeness (QED) is 0.648. The van der Waals surface area contributed by atoms with Gasteiger partial charge in [0.25, 0.3) is 0 Å². The zero-order chi connectivity index (χ0) is 23.2. The highest BCUT2D eigenvalue weighted by atomic mass is 16.2. The van der Waals surface area contributed by atoms with E-state index in [0.29, 0.717) is 37.8 Å². The number of benzene rings is 1. The molecule has 1 aromatic heterocycles. The summed E-state index contributed by atoms with van der Waals surface area (Å²) in [5, 5.41) is 5.63. The van der Waals surface area contributed by atoms with Crippen LogP contribution in [0, 0.1) is 6.92 Å². The summed E-state index contributed by atoms with van der Waals surface area (Å²) in [6.45, 7) is 5.74. The van der Waals surface area contributed by atoms with Gasteiger partial charge in [-0.2, -0.15) is 0 Å². The molecule has 174 valence electrons. The Balaban J connectivity index is 1.33. The van der Waals surface area contributed by atoms with Gasteiger partial charge < -0.3 is 20.4 Å². The van der Waals surface area contributed by atoms with Crippen LogP contribution in [0.25, 0.3) is 0 Å². The number of hydrogen-bond donors (Lipinski definition) is 2. The van der Waals surface area contributed by atoms with Crippen LogP contribution >= 0.6 is 0 Å². The van der Waals surface area contributed by atoms with E-state index in [1.807, 2.05) is 31.2 Å². The van der Waals surface area contributed by atoms with Crippen LogP contribution in [-0.2, 0) is 14.4 Å². The fourth-order valence-corrected chi connectivity index (χ4v) is 4.15. The highest BCUT2D eigenvalue weighted by Crippen LogP contribution is 2.16. The zero-order valence-corrected chi connectivity index (χ0v) is 18.7. The summed E-state index contributed by atoms with van der Waals surface area (Å²) in [5.74, 6) is -0.0277. The number of hydrogen-bond acceptors (Lipinski definition) is 7. The minimum Gasteiger partial charge on any atom is -0.353 e. The molecule has 3 amide bonds. The lowest BCUT2D eigenvalue weighted by Gasteiger charge is -2.38. The van der Waals surface area contributed by atoms with Crippen LogP contribution in [0.3, 0.4) is 0 Å². The number of piperazine rings is 2. The molecule has 1 atom stereocenters. The molecule has 4 rings (SSSR count). The first-order chi connectivity index (χ1) is 16.0. The lowest BCUT2D eigenvalue weighted by Crippen LogP contribution is -2.60. The maximum absolute atomic E-state index is 13.1. The van der Waals surface area contributed by atoms with Gasteiger partial charge in [0.1, 0.15) is 6.04 Å². The predicted molar refractivity (Wildman–Crippen MR) is 124 cm³/mol. The molecule has 0 bridgehead atoms. The minimum absolute atomic E-state index is 0.0783. The van der Waals surface area contributed by atoms with Crippen molar-refractivity contribution in [3.63, 3.8) is 0 Å². The molecular formula is C23H29N7O3. The number of aryl methyl sites for hydroxylation is 1. The van der Waals surface area contributed by atoms with Gasteiger partial charge in [-0.3, -0.25) is 19.3 Å². The third kappa shape index (κ3) is 5.64. The minimum atomic E-state index is -0.811. The summed E-state index contributed by atoms with van der Waals surface area (Å²) in [5.41, 5.74) is 1.64. The lowest BCUT2D eigenvalue weighted by molar-refractivity contribution is -0.145. The van der Waals surface area contributed by atoms with Gasteiger partial charge in [-0.15, -0.1) is 0 Å². The van der Waals surface area contributed by atoms with E-state index < -0.39 is 6.04 Å². The molecule has 10 nitrogen and oxygen atoms in total. The van der Waals surface area contributed by atoms with Crippen LogP contribution in [-0.4, -0.2) is 89.3 Å². The first kappa shape index (κ1) is 22.7. The molecule has 2 aliphatic heterocycles. The first-order valence-corrected chi connectivity index (χ1v) is 11.2. The fourth-order valence-electron chi connectivity index (χ4n) is 4.15. The number of amides is 3. The topological polar surface area (TPSA) is 111 Å². The summed E-state index contributed by atoms with van der Waals surface area (Å²) >= 11 is 0. The largest absolute Gasteiger partial charge is 0.353 e. The molecule has 0 radical (unpaired) electrons. The van der Waals surface area contributed by atoms with Gasteiger partial charge in [0.05, 0.1) is 13.0 Å². The Hall–Kier alpha value is -3.53. The Bertz CT molecular complexity index is 993. The van der Waals surface area contributed by atoms with Gasteiger partial charge in [-0.1, -0.05) is 18.2 Å². The molecule has 3 heterocycles. The van der Waals surface area contributed by atoms with Crippen LogP contribution in [0.1, 0.15) is 12.0 Å². The summed E-state index contributed by atoms with van der Waals surface area (Å²) in [6.07, 6.45) is 3.36. The molecule has 33 heavy (non-hydrogen) atoms. The molecule has 2 saturated heterocycles. The number of carbonyl (C=O) groups excluding carboxylic acids is 3. The second-order valence-corrected chi connectivity index (χ2v) is 8.27. The zero-order valence-electron chi connectivity index (χ0n) is 18.7. The summed E-state index contributed by atoms with van der Waals surface area (Å²) in [7, 11) is 0. The molecule has 1 aromatic carbocycles. The first-order valence-electron chi connectivity index (χ1n) is 11.2. The Labute approximate surface area is 193 Å². The van der Waals surface area contributed by atoms with E-state index >= 15 is 0 Å². The van der Waals surface area contributed by atoms with Crippen LogP contribution in [0.15, 0.2) is 42.7 Å². The molecule has 2 aromatic rings. The van der Waals surface area contributed by atoms with E-state index in [1.54, 1.807) is 23.4 Å². The van der Waals surface area contributed by atoms with Crippen molar-refractivity contribution in [2.45, 2.75) is 19.4 Å². The van der Waals surface area contributed by atoms with Gasteiger partial charge in [-0.25, -0.2) is 9.97 Å². The van der Waals surface area contributed by atoms with E-state index in [9.17, 15) is 14.4 Å². The number of aromatic nitrogens is 2.